The quantitative estimate of drug-likeness (QED) is 0.374. The Morgan fingerprint density at radius 2 is 1.85 bits per heavy atom. The number of aromatic nitrogens is 2. The number of nitrogens with one attached hydrogen (secondary N) is 1. The first kappa shape index (κ1) is 27.1. The van der Waals surface area contributed by atoms with Gasteiger partial charge in [0.1, 0.15) is 12.1 Å². The Morgan fingerprint density at radius 1 is 1.15 bits per heavy atom. The van der Waals surface area contributed by atoms with Gasteiger partial charge in [0.15, 0.2) is 17.2 Å². The van der Waals surface area contributed by atoms with E-state index in [0.717, 1.165) is 0 Å². The number of methoxy groups -OCH3 is 1. The first-order chi connectivity index (χ1) is 16.0. The summed E-state index contributed by atoms with van der Waals surface area (Å²) in [4.78, 5) is 44.6. The average molecular weight is 514 g/mol. The summed E-state index contributed by atoms with van der Waals surface area (Å²) in [5, 5.41) is 3.26. The van der Waals surface area contributed by atoms with Gasteiger partial charge in [-0.15, -0.1) is 0 Å². The van der Waals surface area contributed by atoms with Crippen LogP contribution < -0.4 is 14.8 Å². The van der Waals surface area contributed by atoms with Crippen LogP contribution in [-0.4, -0.2) is 53.9 Å². The number of carbonyl (C=O) groups is 3. The van der Waals surface area contributed by atoms with Crippen LogP contribution in [0.4, 0.5) is 0 Å². The van der Waals surface area contributed by atoms with Gasteiger partial charge in [0, 0.05) is 31.3 Å². The lowest BCUT2D eigenvalue weighted by Gasteiger charge is -2.23. The molecule has 0 saturated heterocycles. The molecule has 0 spiro atoms. The molecule has 0 saturated carbocycles. The average Bonchev–Trinajstić information content (AvgIpc) is 2.78. The van der Waals surface area contributed by atoms with E-state index in [0.29, 0.717) is 15.7 Å². The summed E-state index contributed by atoms with van der Waals surface area (Å²) in [6.07, 6.45) is 2.19. The molecular formula is C22H25Cl2N3O7. The van der Waals surface area contributed by atoms with Gasteiger partial charge in [0.2, 0.25) is 6.79 Å². The first-order valence-electron chi connectivity index (χ1n) is 10.2. The number of pyridine rings is 2. The molecule has 2 unspecified atom stereocenters. The molecule has 0 radical (unpaired) electrons. The molecule has 12 heteroatoms. The van der Waals surface area contributed by atoms with Gasteiger partial charge >= 0.3 is 11.9 Å². The molecule has 3 atom stereocenters. The van der Waals surface area contributed by atoms with E-state index in [1.54, 1.807) is 19.9 Å². The maximum atomic E-state index is 12.8. The molecule has 0 aliphatic heterocycles. The molecular weight excluding hydrogens is 489 g/mol. The van der Waals surface area contributed by atoms with Crippen molar-refractivity contribution in [2.24, 2.45) is 0 Å². The predicted octanol–water partition coefficient (Wildman–Crippen LogP) is 3.55. The zero-order valence-corrected chi connectivity index (χ0v) is 20.8. The molecule has 0 bridgehead atoms. The van der Waals surface area contributed by atoms with Gasteiger partial charge in [0.25, 0.3) is 5.91 Å². The molecule has 10 nitrogen and oxygen atoms in total. The van der Waals surface area contributed by atoms with Crippen molar-refractivity contribution in [2.45, 2.75) is 45.8 Å². The largest absolute Gasteiger partial charge is 0.493 e. The lowest BCUT2D eigenvalue weighted by molar-refractivity contribution is -0.151. The number of halogens is 2. The third-order valence-corrected chi connectivity index (χ3v) is 5.25. The van der Waals surface area contributed by atoms with Crippen LogP contribution >= 0.6 is 23.2 Å². The maximum Gasteiger partial charge on any atom is 0.328 e. The number of hydrogen-bond acceptors (Lipinski definition) is 9. The number of ether oxygens (including phenoxy) is 4. The predicted molar refractivity (Wildman–Crippen MR) is 123 cm³/mol. The van der Waals surface area contributed by atoms with Crippen molar-refractivity contribution in [1.82, 2.24) is 15.3 Å². The summed E-state index contributed by atoms with van der Waals surface area (Å²) in [5.41, 5.74) is 0.364. The fourth-order valence-corrected chi connectivity index (χ4v) is 3.31. The van der Waals surface area contributed by atoms with Crippen molar-refractivity contribution in [3.05, 3.63) is 46.0 Å². The van der Waals surface area contributed by atoms with Crippen molar-refractivity contribution < 1.29 is 33.3 Å². The minimum Gasteiger partial charge on any atom is -0.493 e. The molecule has 0 aliphatic carbocycles. The molecule has 2 aromatic rings. The fourth-order valence-electron chi connectivity index (χ4n) is 2.76. The van der Waals surface area contributed by atoms with E-state index in [1.807, 2.05) is 0 Å². The van der Waals surface area contributed by atoms with Crippen LogP contribution in [0.25, 0.3) is 0 Å². The molecule has 2 aromatic heterocycles. The Hall–Kier alpha value is -3.11. The molecule has 1 amide bonds. The van der Waals surface area contributed by atoms with Crippen LogP contribution in [-0.2, 0) is 19.1 Å². The van der Waals surface area contributed by atoms with Crippen molar-refractivity contribution in [3.63, 3.8) is 0 Å². The summed E-state index contributed by atoms with van der Waals surface area (Å²) in [7, 11) is 1.38. The molecule has 184 valence electrons. The second-order valence-corrected chi connectivity index (χ2v) is 8.08. The third kappa shape index (κ3) is 7.19. The van der Waals surface area contributed by atoms with Crippen LogP contribution in [0.2, 0.25) is 10.0 Å². The molecule has 2 heterocycles. The van der Waals surface area contributed by atoms with Gasteiger partial charge in [-0.1, -0.05) is 30.1 Å². The Bertz CT molecular complexity index is 1050. The highest BCUT2D eigenvalue weighted by atomic mass is 35.5. The van der Waals surface area contributed by atoms with Crippen LogP contribution in [0, 0.1) is 0 Å². The topological polar surface area (TPSA) is 126 Å². The SMILES string of the molecule is COc1ccnc(C(=O)N[C@@H](C)C(=O)OC(C)C(C)c2ncc(Cl)cc2Cl)c1OCOC(C)=O. The highest BCUT2D eigenvalue weighted by Gasteiger charge is 2.27. The monoisotopic (exact) mass is 513 g/mol. The Balaban J connectivity index is 2.07. The van der Waals surface area contributed by atoms with Gasteiger partial charge in [-0.3, -0.25) is 14.6 Å². The smallest absolute Gasteiger partial charge is 0.328 e. The normalized spacial score (nSPS) is 13.3. The molecule has 0 aromatic carbocycles. The van der Waals surface area contributed by atoms with Crippen molar-refractivity contribution in [1.29, 1.82) is 0 Å². The third-order valence-electron chi connectivity index (χ3n) is 4.74. The maximum absolute atomic E-state index is 12.8. The highest BCUT2D eigenvalue weighted by molar-refractivity contribution is 6.34. The summed E-state index contributed by atoms with van der Waals surface area (Å²) in [5.74, 6) is -2.15. The zero-order valence-electron chi connectivity index (χ0n) is 19.3. The molecule has 0 aliphatic rings. The van der Waals surface area contributed by atoms with Gasteiger partial charge in [-0.2, -0.15) is 0 Å². The second-order valence-electron chi connectivity index (χ2n) is 7.24. The minimum atomic E-state index is -1.02. The number of carbonyl (C=O) groups excluding carboxylic acids is 3. The summed E-state index contributed by atoms with van der Waals surface area (Å²) < 4.78 is 20.8. The molecule has 34 heavy (non-hydrogen) atoms. The van der Waals surface area contributed by atoms with E-state index in [9.17, 15) is 14.4 Å². The number of rotatable bonds is 10. The Kier molecular flexibility index (Phi) is 9.88. The van der Waals surface area contributed by atoms with Gasteiger partial charge in [0.05, 0.1) is 22.8 Å². The standard InChI is InChI=1S/C22H25Cl2N3O7/c1-11(18-16(24)8-15(23)9-26-18)13(3)34-22(30)12(2)27-21(29)19-20(33-10-32-14(4)28)17(31-5)6-7-25-19/h6-9,11-13H,10H2,1-5H3,(H,27,29)/t11?,12-,13?/m0/s1. The van der Waals surface area contributed by atoms with Crippen molar-refractivity contribution >= 4 is 41.0 Å². The van der Waals surface area contributed by atoms with E-state index >= 15 is 0 Å². The second kappa shape index (κ2) is 12.4. The zero-order chi connectivity index (χ0) is 25.4. The van der Waals surface area contributed by atoms with Crippen molar-refractivity contribution in [3.8, 4) is 11.5 Å². The lowest BCUT2D eigenvalue weighted by Crippen LogP contribution is -2.41. The number of hydrogen-bond donors (Lipinski definition) is 1. The fraction of sp³-hybridized carbons (Fsp3) is 0.409. The number of amides is 1. The van der Waals surface area contributed by atoms with Crippen LogP contribution in [0.1, 0.15) is 49.8 Å². The minimum absolute atomic E-state index is 0.0465. The first-order valence-corrected chi connectivity index (χ1v) is 10.9. The summed E-state index contributed by atoms with van der Waals surface area (Å²) in [6.45, 7) is 5.71. The summed E-state index contributed by atoms with van der Waals surface area (Å²) >= 11 is 12.1. The lowest BCUT2D eigenvalue weighted by atomic mass is 10.0. The Labute approximate surface area is 206 Å². The highest BCUT2D eigenvalue weighted by Crippen LogP contribution is 2.30. The van der Waals surface area contributed by atoms with Crippen LogP contribution in [0.3, 0.4) is 0 Å². The summed E-state index contributed by atoms with van der Waals surface area (Å²) in [6, 6.07) is 2.00. The van der Waals surface area contributed by atoms with Gasteiger partial charge in [-0.25, -0.2) is 9.78 Å². The van der Waals surface area contributed by atoms with Crippen LogP contribution in [0.15, 0.2) is 24.5 Å². The van der Waals surface area contributed by atoms with E-state index in [1.165, 1.54) is 39.4 Å². The Morgan fingerprint density at radius 3 is 2.47 bits per heavy atom. The number of esters is 2. The van der Waals surface area contributed by atoms with Gasteiger partial charge < -0.3 is 24.3 Å². The molecule has 1 N–H and O–H groups in total. The van der Waals surface area contributed by atoms with E-state index < -0.39 is 36.8 Å². The van der Waals surface area contributed by atoms with E-state index in [-0.39, 0.29) is 23.1 Å². The van der Waals surface area contributed by atoms with E-state index in [4.69, 9.17) is 42.1 Å². The van der Waals surface area contributed by atoms with Crippen molar-refractivity contribution in [2.75, 3.05) is 13.9 Å². The van der Waals surface area contributed by atoms with Crippen LogP contribution in [0.5, 0.6) is 11.5 Å². The van der Waals surface area contributed by atoms with E-state index in [2.05, 4.69) is 15.3 Å². The molecule has 2 rings (SSSR count). The number of nitrogens with zero attached hydrogens (tertiary/aromatic N) is 2. The van der Waals surface area contributed by atoms with Gasteiger partial charge in [-0.05, 0) is 19.9 Å². The molecule has 0 fully saturated rings.